The molecule has 6 heteroatoms. The van der Waals surface area contributed by atoms with Gasteiger partial charge >= 0.3 is 0 Å². The molecule has 1 aromatic carbocycles. The molecular formula is C22H24N2O4. The third-order valence-corrected chi connectivity index (χ3v) is 4.81. The number of nitrogens with one attached hydrogen (secondary N) is 2. The first-order valence-electron chi connectivity index (χ1n) is 9.20. The van der Waals surface area contributed by atoms with Crippen molar-refractivity contribution in [3.8, 4) is 11.1 Å². The van der Waals surface area contributed by atoms with Crippen molar-refractivity contribution in [2.24, 2.45) is 5.92 Å². The van der Waals surface area contributed by atoms with Gasteiger partial charge in [0.15, 0.2) is 0 Å². The van der Waals surface area contributed by atoms with Crippen molar-refractivity contribution < 1.29 is 14.3 Å². The molecule has 0 aliphatic carbocycles. The highest BCUT2D eigenvalue weighted by atomic mass is 16.3. The molecule has 0 saturated heterocycles. The van der Waals surface area contributed by atoms with E-state index >= 15 is 0 Å². The number of aromatic nitrogens is 1. The van der Waals surface area contributed by atoms with Crippen molar-refractivity contribution in [2.45, 2.75) is 20.3 Å². The predicted molar refractivity (Wildman–Crippen MR) is 107 cm³/mol. The molecule has 3 rings (SSSR count). The summed E-state index contributed by atoms with van der Waals surface area (Å²) in [7, 11) is 0. The minimum atomic E-state index is -0.250. The number of carbonyl (C=O) groups is 1. The molecule has 28 heavy (non-hydrogen) atoms. The summed E-state index contributed by atoms with van der Waals surface area (Å²) < 4.78 is 5.29. The van der Waals surface area contributed by atoms with Crippen molar-refractivity contribution in [1.29, 1.82) is 0 Å². The number of benzene rings is 1. The van der Waals surface area contributed by atoms with Crippen LogP contribution in [0, 0.1) is 19.8 Å². The molecule has 0 saturated carbocycles. The Balaban J connectivity index is 1.72. The normalized spacial score (nSPS) is 12.0. The Morgan fingerprint density at radius 1 is 1.21 bits per heavy atom. The maximum absolute atomic E-state index is 12.6. The van der Waals surface area contributed by atoms with Gasteiger partial charge in [0.2, 0.25) is 0 Å². The molecule has 0 spiro atoms. The van der Waals surface area contributed by atoms with E-state index in [2.05, 4.69) is 10.3 Å². The Bertz CT molecular complexity index is 1010. The summed E-state index contributed by atoms with van der Waals surface area (Å²) >= 11 is 0. The molecule has 3 N–H and O–H groups in total. The van der Waals surface area contributed by atoms with Crippen molar-refractivity contribution in [3.05, 3.63) is 81.7 Å². The first kappa shape index (κ1) is 19.6. The SMILES string of the molecule is Cc1cc(-c2cccc(C(=O)NC[C@@H](CO)Cc3ccco3)c2)c(=O)[nH]c1C. The summed E-state index contributed by atoms with van der Waals surface area (Å²) in [5.74, 6) is 0.380. The quantitative estimate of drug-likeness (QED) is 0.587. The molecule has 0 fully saturated rings. The lowest BCUT2D eigenvalue weighted by Gasteiger charge is -2.14. The lowest BCUT2D eigenvalue weighted by molar-refractivity contribution is 0.0939. The van der Waals surface area contributed by atoms with Gasteiger partial charge in [0.25, 0.3) is 11.5 Å². The van der Waals surface area contributed by atoms with Crippen LogP contribution in [0.2, 0.25) is 0 Å². The lowest BCUT2D eigenvalue weighted by Crippen LogP contribution is -2.31. The molecule has 0 aliphatic heterocycles. The Morgan fingerprint density at radius 2 is 2.04 bits per heavy atom. The number of aromatic amines is 1. The Hall–Kier alpha value is -3.12. The Labute approximate surface area is 163 Å². The molecule has 2 heterocycles. The number of pyridine rings is 1. The summed E-state index contributed by atoms with van der Waals surface area (Å²) in [4.78, 5) is 27.7. The van der Waals surface area contributed by atoms with Crippen LogP contribution in [-0.2, 0) is 6.42 Å². The number of H-pyrrole nitrogens is 1. The van der Waals surface area contributed by atoms with Gasteiger partial charge < -0.3 is 19.8 Å². The van der Waals surface area contributed by atoms with Gasteiger partial charge in [0, 0.05) is 42.3 Å². The number of furan rings is 1. The summed E-state index contributed by atoms with van der Waals surface area (Å²) in [5, 5.41) is 12.4. The van der Waals surface area contributed by atoms with Gasteiger partial charge in [-0.3, -0.25) is 9.59 Å². The average Bonchev–Trinajstić information content (AvgIpc) is 3.21. The molecule has 0 aliphatic rings. The Kier molecular flexibility index (Phi) is 6.11. The van der Waals surface area contributed by atoms with E-state index in [-0.39, 0.29) is 24.0 Å². The van der Waals surface area contributed by atoms with Crippen LogP contribution in [-0.4, -0.2) is 29.1 Å². The van der Waals surface area contributed by atoms with E-state index in [1.807, 2.05) is 32.0 Å². The maximum Gasteiger partial charge on any atom is 0.256 e. The average molecular weight is 380 g/mol. The number of aliphatic hydroxyl groups excluding tert-OH is 1. The van der Waals surface area contributed by atoms with E-state index in [4.69, 9.17) is 4.42 Å². The molecule has 1 atom stereocenters. The monoisotopic (exact) mass is 380 g/mol. The van der Waals surface area contributed by atoms with Crippen LogP contribution < -0.4 is 10.9 Å². The minimum absolute atomic E-state index is 0.0565. The Morgan fingerprint density at radius 3 is 2.75 bits per heavy atom. The number of amides is 1. The standard InChI is InChI=1S/C22H24N2O4/c1-14-9-20(22(27)24-15(14)2)17-5-3-6-18(11-17)21(26)23-12-16(13-25)10-19-7-4-8-28-19/h3-9,11,16,25H,10,12-13H2,1-2H3,(H,23,26)(H,24,27)/t16-/m0/s1. The first-order chi connectivity index (χ1) is 13.5. The topological polar surface area (TPSA) is 95.3 Å². The number of rotatable bonds is 7. The van der Waals surface area contributed by atoms with Crippen molar-refractivity contribution in [3.63, 3.8) is 0 Å². The third kappa shape index (κ3) is 4.58. The second-order valence-electron chi connectivity index (χ2n) is 6.94. The van der Waals surface area contributed by atoms with E-state index in [0.29, 0.717) is 29.7 Å². The zero-order valence-corrected chi connectivity index (χ0v) is 16.0. The molecule has 1 amide bonds. The van der Waals surface area contributed by atoms with Crippen molar-refractivity contribution >= 4 is 5.91 Å². The highest BCUT2D eigenvalue weighted by Gasteiger charge is 2.14. The van der Waals surface area contributed by atoms with Gasteiger partial charge in [-0.25, -0.2) is 0 Å². The van der Waals surface area contributed by atoms with Gasteiger partial charge in [-0.2, -0.15) is 0 Å². The lowest BCUT2D eigenvalue weighted by atomic mass is 10.0. The van der Waals surface area contributed by atoms with Gasteiger partial charge in [-0.05, 0) is 55.3 Å². The van der Waals surface area contributed by atoms with E-state index in [1.54, 1.807) is 30.5 Å². The van der Waals surface area contributed by atoms with E-state index < -0.39 is 0 Å². The zero-order valence-electron chi connectivity index (χ0n) is 16.0. The molecule has 3 aromatic rings. The molecule has 0 radical (unpaired) electrons. The fourth-order valence-electron chi connectivity index (χ4n) is 3.02. The zero-order chi connectivity index (χ0) is 20.1. The summed E-state index contributed by atoms with van der Waals surface area (Å²) in [6.45, 7) is 4.05. The number of hydrogen-bond donors (Lipinski definition) is 3. The number of aryl methyl sites for hydroxylation is 2. The highest BCUT2D eigenvalue weighted by molar-refractivity contribution is 5.95. The van der Waals surface area contributed by atoms with Crippen molar-refractivity contribution in [2.75, 3.05) is 13.2 Å². The van der Waals surface area contributed by atoms with Crippen LogP contribution in [0.25, 0.3) is 11.1 Å². The second kappa shape index (κ2) is 8.71. The molecule has 0 unspecified atom stereocenters. The largest absolute Gasteiger partial charge is 0.469 e. The number of carbonyl (C=O) groups excluding carboxylic acids is 1. The molecule has 146 valence electrons. The van der Waals surface area contributed by atoms with Gasteiger partial charge in [0.1, 0.15) is 5.76 Å². The fraction of sp³-hybridized carbons (Fsp3) is 0.273. The van der Waals surface area contributed by atoms with E-state index in [1.165, 1.54) is 0 Å². The van der Waals surface area contributed by atoms with E-state index in [0.717, 1.165) is 17.0 Å². The first-order valence-corrected chi connectivity index (χ1v) is 9.20. The smallest absolute Gasteiger partial charge is 0.256 e. The molecule has 2 aromatic heterocycles. The fourth-order valence-corrected chi connectivity index (χ4v) is 3.02. The summed E-state index contributed by atoms with van der Waals surface area (Å²) in [6.07, 6.45) is 2.13. The van der Waals surface area contributed by atoms with Crippen LogP contribution >= 0.6 is 0 Å². The summed E-state index contributed by atoms with van der Waals surface area (Å²) in [6, 6.07) is 12.4. The van der Waals surface area contributed by atoms with Crippen LogP contribution in [0.4, 0.5) is 0 Å². The molecular weight excluding hydrogens is 356 g/mol. The number of aliphatic hydroxyl groups is 1. The van der Waals surface area contributed by atoms with Crippen LogP contribution in [0.15, 0.2) is 57.9 Å². The number of hydrogen-bond acceptors (Lipinski definition) is 4. The van der Waals surface area contributed by atoms with Gasteiger partial charge in [0.05, 0.1) is 6.26 Å². The predicted octanol–water partition coefficient (Wildman–Crippen LogP) is 2.83. The van der Waals surface area contributed by atoms with Crippen molar-refractivity contribution in [1.82, 2.24) is 10.3 Å². The second-order valence-corrected chi connectivity index (χ2v) is 6.94. The van der Waals surface area contributed by atoms with Gasteiger partial charge in [-0.1, -0.05) is 12.1 Å². The molecule has 6 nitrogen and oxygen atoms in total. The summed E-state index contributed by atoms with van der Waals surface area (Å²) in [5.41, 5.74) is 3.31. The minimum Gasteiger partial charge on any atom is -0.469 e. The third-order valence-electron chi connectivity index (χ3n) is 4.81. The molecule has 0 bridgehead atoms. The van der Waals surface area contributed by atoms with Gasteiger partial charge in [-0.15, -0.1) is 0 Å². The maximum atomic E-state index is 12.6. The van der Waals surface area contributed by atoms with Crippen LogP contribution in [0.3, 0.4) is 0 Å². The van der Waals surface area contributed by atoms with E-state index in [9.17, 15) is 14.7 Å². The highest BCUT2D eigenvalue weighted by Crippen LogP contribution is 2.19. The van der Waals surface area contributed by atoms with Crippen LogP contribution in [0.5, 0.6) is 0 Å². The van der Waals surface area contributed by atoms with Crippen LogP contribution in [0.1, 0.15) is 27.4 Å².